The number of pyridine rings is 1. The Morgan fingerprint density at radius 2 is 1.95 bits per heavy atom. The Bertz CT molecular complexity index is 465. The van der Waals surface area contributed by atoms with E-state index in [1.807, 2.05) is 19.1 Å². The van der Waals surface area contributed by atoms with Crippen molar-refractivity contribution < 1.29 is 0 Å². The highest BCUT2D eigenvalue weighted by Crippen LogP contribution is 2.30. The van der Waals surface area contributed by atoms with Crippen LogP contribution in [-0.2, 0) is 0 Å². The minimum atomic E-state index is 0.432. The van der Waals surface area contributed by atoms with Gasteiger partial charge in [-0.25, -0.2) is 4.98 Å². The van der Waals surface area contributed by atoms with Gasteiger partial charge in [-0.3, -0.25) is 0 Å². The van der Waals surface area contributed by atoms with E-state index < -0.39 is 0 Å². The third kappa shape index (κ3) is 4.17. The second-order valence-corrected chi connectivity index (χ2v) is 6.36. The number of nitrogens with zero attached hydrogens (tertiary/aromatic N) is 1. The summed E-state index contributed by atoms with van der Waals surface area (Å²) in [6, 6.07) is 3.88. The minimum Gasteiger partial charge on any atom is -0.389 e. The standard InChI is InChI=1S/C16H25N3S/c1-3-12-4-6-13(7-5-12)10-18-15-9-14(16(17)20)8-11(2)19-15/h8-9,12-13H,3-7,10H2,1-2H3,(H2,17,20)(H,18,19). The second kappa shape index (κ2) is 7.02. The summed E-state index contributed by atoms with van der Waals surface area (Å²) in [6.45, 7) is 5.28. The molecule has 0 radical (unpaired) electrons. The number of hydrogen-bond acceptors (Lipinski definition) is 3. The Morgan fingerprint density at radius 3 is 2.55 bits per heavy atom. The molecule has 110 valence electrons. The summed E-state index contributed by atoms with van der Waals surface area (Å²) in [5.74, 6) is 2.61. The van der Waals surface area contributed by atoms with Crippen LogP contribution in [0.5, 0.6) is 0 Å². The van der Waals surface area contributed by atoms with Crippen LogP contribution in [0.15, 0.2) is 12.1 Å². The number of nitrogens with one attached hydrogen (secondary N) is 1. The second-order valence-electron chi connectivity index (χ2n) is 5.92. The van der Waals surface area contributed by atoms with E-state index in [9.17, 15) is 0 Å². The van der Waals surface area contributed by atoms with Crippen LogP contribution in [0.3, 0.4) is 0 Å². The smallest absolute Gasteiger partial charge is 0.126 e. The molecule has 0 aromatic carbocycles. The average molecular weight is 291 g/mol. The molecule has 1 aromatic heterocycles. The molecule has 1 saturated carbocycles. The lowest BCUT2D eigenvalue weighted by atomic mass is 9.81. The van der Waals surface area contributed by atoms with Crippen molar-refractivity contribution >= 4 is 23.0 Å². The van der Waals surface area contributed by atoms with Gasteiger partial charge in [0.05, 0.1) is 0 Å². The number of nitrogens with two attached hydrogens (primary N) is 1. The fourth-order valence-electron chi connectivity index (χ4n) is 2.99. The van der Waals surface area contributed by atoms with Crippen molar-refractivity contribution in [2.75, 3.05) is 11.9 Å². The van der Waals surface area contributed by atoms with Crippen molar-refractivity contribution in [2.45, 2.75) is 46.0 Å². The summed E-state index contributed by atoms with van der Waals surface area (Å²) in [6.07, 6.45) is 6.75. The maximum Gasteiger partial charge on any atom is 0.126 e. The van der Waals surface area contributed by atoms with Crippen molar-refractivity contribution in [3.8, 4) is 0 Å². The quantitative estimate of drug-likeness (QED) is 0.813. The van der Waals surface area contributed by atoms with E-state index in [1.165, 1.54) is 32.1 Å². The summed E-state index contributed by atoms with van der Waals surface area (Å²) in [7, 11) is 0. The molecular weight excluding hydrogens is 266 g/mol. The van der Waals surface area contributed by atoms with E-state index in [-0.39, 0.29) is 0 Å². The molecule has 1 aromatic rings. The molecule has 3 N–H and O–H groups in total. The van der Waals surface area contributed by atoms with Crippen LogP contribution in [0.1, 0.15) is 50.3 Å². The van der Waals surface area contributed by atoms with Crippen LogP contribution in [0.4, 0.5) is 5.82 Å². The van der Waals surface area contributed by atoms with E-state index in [1.54, 1.807) is 0 Å². The van der Waals surface area contributed by atoms with Gasteiger partial charge in [-0.05, 0) is 43.7 Å². The highest BCUT2D eigenvalue weighted by Gasteiger charge is 2.19. The van der Waals surface area contributed by atoms with Crippen LogP contribution in [0.25, 0.3) is 0 Å². The first kappa shape index (κ1) is 15.2. The largest absolute Gasteiger partial charge is 0.389 e. The molecule has 0 spiro atoms. The number of aromatic nitrogens is 1. The summed E-state index contributed by atoms with van der Waals surface area (Å²) in [5.41, 5.74) is 7.54. The topological polar surface area (TPSA) is 50.9 Å². The molecule has 4 heteroatoms. The molecule has 1 fully saturated rings. The predicted molar refractivity (Wildman–Crippen MR) is 89.1 cm³/mol. The fourth-order valence-corrected chi connectivity index (χ4v) is 3.11. The molecular formula is C16H25N3S. The third-order valence-corrected chi connectivity index (χ3v) is 4.59. The number of thiocarbonyl (C=S) groups is 1. The fraction of sp³-hybridized carbons (Fsp3) is 0.625. The Balaban J connectivity index is 1.89. The molecule has 0 bridgehead atoms. The monoisotopic (exact) mass is 291 g/mol. The highest BCUT2D eigenvalue weighted by atomic mass is 32.1. The van der Waals surface area contributed by atoms with E-state index in [0.29, 0.717) is 4.99 Å². The molecule has 0 saturated heterocycles. The molecule has 1 heterocycles. The molecule has 0 amide bonds. The number of anilines is 1. The average Bonchev–Trinajstić information content (AvgIpc) is 2.45. The molecule has 0 unspecified atom stereocenters. The zero-order chi connectivity index (χ0) is 14.5. The lowest BCUT2D eigenvalue weighted by Crippen LogP contribution is -2.21. The van der Waals surface area contributed by atoms with Crippen LogP contribution in [0.2, 0.25) is 0 Å². The molecule has 20 heavy (non-hydrogen) atoms. The van der Waals surface area contributed by atoms with Crippen LogP contribution in [-0.4, -0.2) is 16.5 Å². The maximum atomic E-state index is 5.70. The van der Waals surface area contributed by atoms with Crippen LogP contribution < -0.4 is 11.1 Å². The predicted octanol–water partition coefficient (Wildman–Crippen LogP) is 3.65. The number of rotatable bonds is 5. The third-order valence-electron chi connectivity index (χ3n) is 4.35. The zero-order valence-corrected chi connectivity index (χ0v) is 13.3. The van der Waals surface area contributed by atoms with Gasteiger partial charge in [0, 0.05) is 17.8 Å². The van der Waals surface area contributed by atoms with Gasteiger partial charge in [-0.15, -0.1) is 0 Å². The van der Waals surface area contributed by atoms with Crippen molar-refractivity contribution in [1.29, 1.82) is 0 Å². The summed E-state index contributed by atoms with van der Waals surface area (Å²) in [4.78, 5) is 4.94. The molecule has 0 aliphatic heterocycles. The Hall–Kier alpha value is -1.16. The number of aryl methyl sites for hydroxylation is 1. The van der Waals surface area contributed by atoms with Crippen molar-refractivity contribution in [3.63, 3.8) is 0 Å². The van der Waals surface area contributed by atoms with Gasteiger partial charge < -0.3 is 11.1 Å². The lowest BCUT2D eigenvalue weighted by molar-refractivity contribution is 0.278. The van der Waals surface area contributed by atoms with E-state index in [2.05, 4.69) is 17.2 Å². The van der Waals surface area contributed by atoms with E-state index in [4.69, 9.17) is 18.0 Å². The summed E-state index contributed by atoms with van der Waals surface area (Å²) in [5, 5.41) is 3.46. The first-order valence-corrected chi connectivity index (χ1v) is 8.01. The molecule has 0 atom stereocenters. The van der Waals surface area contributed by atoms with Gasteiger partial charge in [0.1, 0.15) is 10.8 Å². The van der Waals surface area contributed by atoms with Crippen molar-refractivity contribution in [1.82, 2.24) is 4.98 Å². The van der Waals surface area contributed by atoms with Crippen molar-refractivity contribution in [2.24, 2.45) is 17.6 Å². The van der Waals surface area contributed by atoms with Gasteiger partial charge in [-0.2, -0.15) is 0 Å². The van der Waals surface area contributed by atoms with Gasteiger partial charge in [-0.1, -0.05) is 38.4 Å². The number of hydrogen-bond donors (Lipinski definition) is 2. The van der Waals surface area contributed by atoms with Crippen LogP contribution in [0, 0.1) is 18.8 Å². The Kier molecular flexibility index (Phi) is 5.35. The molecule has 3 nitrogen and oxygen atoms in total. The highest BCUT2D eigenvalue weighted by molar-refractivity contribution is 7.80. The van der Waals surface area contributed by atoms with E-state index >= 15 is 0 Å². The van der Waals surface area contributed by atoms with Gasteiger partial charge in [0.25, 0.3) is 0 Å². The lowest BCUT2D eigenvalue weighted by Gasteiger charge is -2.28. The molecule has 1 aliphatic rings. The Morgan fingerprint density at radius 1 is 1.30 bits per heavy atom. The summed E-state index contributed by atoms with van der Waals surface area (Å²) < 4.78 is 0. The summed E-state index contributed by atoms with van der Waals surface area (Å²) >= 11 is 5.04. The van der Waals surface area contributed by atoms with E-state index in [0.717, 1.165) is 35.5 Å². The normalized spacial score (nSPS) is 22.5. The SMILES string of the molecule is CCC1CCC(CNc2cc(C(N)=S)cc(C)n2)CC1. The molecule has 1 aliphatic carbocycles. The van der Waals surface area contributed by atoms with Crippen molar-refractivity contribution in [3.05, 3.63) is 23.4 Å². The maximum absolute atomic E-state index is 5.70. The Labute approximate surface area is 127 Å². The van der Waals surface area contributed by atoms with Crippen LogP contribution >= 0.6 is 12.2 Å². The van der Waals surface area contributed by atoms with Gasteiger partial charge in [0.2, 0.25) is 0 Å². The first-order chi connectivity index (χ1) is 9.58. The van der Waals surface area contributed by atoms with Gasteiger partial charge in [0.15, 0.2) is 0 Å². The first-order valence-electron chi connectivity index (χ1n) is 7.60. The minimum absolute atomic E-state index is 0.432. The zero-order valence-electron chi connectivity index (χ0n) is 12.5. The molecule has 2 rings (SSSR count). The van der Waals surface area contributed by atoms with Gasteiger partial charge >= 0.3 is 0 Å².